The van der Waals surface area contributed by atoms with Gasteiger partial charge in [0.2, 0.25) is 0 Å². The van der Waals surface area contributed by atoms with Gasteiger partial charge in [0.25, 0.3) is 0 Å². The van der Waals surface area contributed by atoms with Crippen LogP contribution < -0.4 is 0 Å². The molecule has 0 amide bonds. The second-order valence-corrected chi connectivity index (χ2v) is 5.50. The molecule has 118 valence electrons. The Morgan fingerprint density at radius 2 is 2.00 bits per heavy atom. The number of ether oxygens (including phenoxy) is 1. The van der Waals surface area contributed by atoms with E-state index in [2.05, 4.69) is 11.0 Å². The largest absolute Gasteiger partial charge is 0.464 e. The van der Waals surface area contributed by atoms with Gasteiger partial charge in [0, 0.05) is 18.1 Å². The molecular weight excluding hydrogens is 298 g/mol. The Kier molecular flexibility index (Phi) is 5.67. The minimum absolute atomic E-state index is 0.190. The number of rotatable bonds is 5. The van der Waals surface area contributed by atoms with E-state index in [1.807, 2.05) is 51.1 Å². The Labute approximate surface area is 137 Å². The second-order valence-electron chi connectivity index (χ2n) is 5.24. The van der Waals surface area contributed by atoms with Gasteiger partial charge in [-0.25, -0.2) is 4.79 Å². The summed E-state index contributed by atoms with van der Waals surface area (Å²) in [6.45, 7) is 7.06. The molecule has 1 aromatic rings. The van der Waals surface area contributed by atoms with Gasteiger partial charge in [-0.3, -0.25) is 0 Å². The SMILES string of the molecule is CCOC(=O)C1C=C(C)C(=Cc2ccc(CCl)cc2)N1CC. The molecule has 1 atom stereocenters. The van der Waals surface area contributed by atoms with E-state index < -0.39 is 0 Å². The first kappa shape index (κ1) is 16.6. The third-order valence-electron chi connectivity index (χ3n) is 3.76. The van der Waals surface area contributed by atoms with Gasteiger partial charge < -0.3 is 9.64 Å². The first-order valence-electron chi connectivity index (χ1n) is 7.59. The molecule has 0 aromatic heterocycles. The van der Waals surface area contributed by atoms with Crippen LogP contribution >= 0.6 is 11.6 Å². The van der Waals surface area contributed by atoms with Crippen LogP contribution in [-0.2, 0) is 15.4 Å². The quantitative estimate of drug-likeness (QED) is 0.607. The average Bonchev–Trinajstić information content (AvgIpc) is 2.84. The molecule has 2 rings (SSSR count). The number of carbonyl (C=O) groups is 1. The lowest BCUT2D eigenvalue weighted by atomic mass is 10.1. The van der Waals surface area contributed by atoms with Crippen molar-refractivity contribution in [3.05, 3.63) is 52.7 Å². The maximum atomic E-state index is 12.1. The highest BCUT2D eigenvalue weighted by Crippen LogP contribution is 2.29. The summed E-state index contributed by atoms with van der Waals surface area (Å²) < 4.78 is 5.17. The third kappa shape index (κ3) is 3.53. The summed E-state index contributed by atoms with van der Waals surface area (Å²) in [7, 11) is 0. The molecule has 0 fully saturated rings. The van der Waals surface area contributed by atoms with E-state index in [0.717, 1.165) is 28.9 Å². The van der Waals surface area contributed by atoms with Gasteiger partial charge in [-0.2, -0.15) is 0 Å². The number of hydrogen-bond donors (Lipinski definition) is 0. The van der Waals surface area contributed by atoms with Crippen molar-refractivity contribution in [3.8, 4) is 0 Å². The van der Waals surface area contributed by atoms with Crippen molar-refractivity contribution in [1.82, 2.24) is 4.90 Å². The molecule has 1 aliphatic heterocycles. The fourth-order valence-corrected chi connectivity index (χ4v) is 2.81. The first-order valence-corrected chi connectivity index (χ1v) is 8.12. The highest BCUT2D eigenvalue weighted by Gasteiger charge is 2.32. The van der Waals surface area contributed by atoms with Crippen LogP contribution in [0.15, 0.2) is 41.6 Å². The van der Waals surface area contributed by atoms with E-state index in [4.69, 9.17) is 16.3 Å². The maximum absolute atomic E-state index is 12.1. The van der Waals surface area contributed by atoms with Crippen molar-refractivity contribution < 1.29 is 9.53 Å². The van der Waals surface area contributed by atoms with Crippen molar-refractivity contribution in [3.63, 3.8) is 0 Å². The van der Waals surface area contributed by atoms with Crippen molar-refractivity contribution in [2.75, 3.05) is 13.2 Å². The Hall–Kier alpha value is -1.74. The molecule has 0 saturated heterocycles. The van der Waals surface area contributed by atoms with Crippen LogP contribution in [-0.4, -0.2) is 30.1 Å². The van der Waals surface area contributed by atoms with Crippen LogP contribution in [0.2, 0.25) is 0 Å². The molecule has 1 aromatic carbocycles. The molecule has 1 unspecified atom stereocenters. The van der Waals surface area contributed by atoms with Crippen LogP contribution in [0.5, 0.6) is 0 Å². The molecule has 1 heterocycles. The lowest BCUT2D eigenvalue weighted by Crippen LogP contribution is -2.36. The summed E-state index contributed by atoms with van der Waals surface area (Å²) in [6.07, 6.45) is 4.08. The zero-order chi connectivity index (χ0) is 16.1. The number of allylic oxidation sites excluding steroid dienone is 1. The van der Waals surface area contributed by atoms with Crippen LogP contribution in [0.25, 0.3) is 6.08 Å². The summed E-state index contributed by atoms with van der Waals surface area (Å²) in [4.78, 5) is 14.2. The lowest BCUT2D eigenvalue weighted by molar-refractivity contribution is -0.146. The molecule has 0 N–H and O–H groups in total. The van der Waals surface area contributed by atoms with Gasteiger partial charge in [-0.15, -0.1) is 11.6 Å². The number of nitrogens with zero attached hydrogens (tertiary/aromatic N) is 1. The van der Waals surface area contributed by atoms with Crippen LogP contribution in [0.4, 0.5) is 0 Å². The zero-order valence-corrected chi connectivity index (χ0v) is 14.1. The van der Waals surface area contributed by atoms with E-state index in [9.17, 15) is 4.79 Å². The van der Waals surface area contributed by atoms with Gasteiger partial charge >= 0.3 is 5.97 Å². The van der Waals surface area contributed by atoms with E-state index in [0.29, 0.717) is 12.5 Å². The Bertz CT molecular complexity index is 590. The number of benzene rings is 1. The van der Waals surface area contributed by atoms with Crippen molar-refractivity contribution >= 4 is 23.6 Å². The topological polar surface area (TPSA) is 29.5 Å². The predicted octanol–water partition coefficient (Wildman–Crippen LogP) is 3.98. The lowest BCUT2D eigenvalue weighted by Gasteiger charge is -2.25. The van der Waals surface area contributed by atoms with Gasteiger partial charge in [0.05, 0.1) is 6.61 Å². The minimum atomic E-state index is -0.321. The fourth-order valence-electron chi connectivity index (χ4n) is 2.64. The first-order chi connectivity index (χ1) is 10.6. The van der Waals surface area contributed by atoms with Crippen LogP contribution in [0.1, 0.15) is 31.9 Å². The Morgan fingerprint density at radius 1 is 1.32 bits per heavy atom. The van der Waals surface area contributed by atoms with Crippen molar-refractivity contribution in [2.45, 2.75) is 32.7 Å². The summed E-state index contributed by atoms with van der Waals surface area (Å²) in [6, 6.07) is 7.81. The molecule has 0 saturated carbocycles. The smallest absolute Gasteiger partial charge is 0.332 e. The summed E-state index contributed by atoms with van der Waals surface area (Å²) in [5.41, 5.74) is 4.36. The number of carbonyl (C=O) groups excluding carboxylic acids is 1. The molecule has 0 spiro atoms. The summed E-state index contributed by atoms with van der Waals surface area (Å²) in [5.74, 6) is 0.325. The van der Waals surface area contributed by atoms with Crippen molar-refractivity contribution in [1.29, 1.82) is 0 Å². The maximum Gasteiger partial charge on any atom is 0.332 e. The van der Waals surface area contributed by atoms with E-state index in [1.165, 1.54) is 0 Å². The molecule has 0 bridgehead atoms. The summed E-state index contributed by atoms with van der Waals surface area (Å²) >= 11 is 5.82. The molecular formula is C18H22ClNO2. The standard InChI is InChI=1S/C18H22ClNO2/c1-4-20-16(11-14-6-8-15(12-19)9-7-14)13(3)10-17(20)18(21)22-5-2/h6-11,17H,4-5,12H2,1-3H3. The Morgan fingerprint density at radius 3 is 2.55 bits per heavy atom. The molecule has 4 heteroatoms. The number of halogens is 1. The third-order valence-corrected chi connectivity index (χ3v) is 4.07. The van der Waals surface area contributed by atoms with E-state index in [-0.39, 0.29) is 12.0 Å². The second kappa shape index (κ2) is 7.50. The zero-order valence-electron chi connectivity index (χ0n) is 13.3. The van der Waals surface area contributed by atoms with Gasteiger partial charge in [0.1, 0.15) is 6.04 Å². The highest BCUT2D eigenvalue weighted by molar-refractivity contribution is 6.17. The predicted molar refractivity (Wildman–Crippen MR) is 90.5 cm³/mol. The van der Waals surface area contributed by atoms with E-state index >= 15 is 0 Å². The molecule has 1 aliphatic rings. The van der Waals surface area contributed by atoms with Crippen molar-refractivity contribution in [2.24, 2.45) is 0 Å². The van der Waals surface area contributed by atoms with Crippen LogP contribution in [0.3, 0.4) is 0 Å². The number of alkyl halides is 1. The van der Waals surface area contributed by atoms with Crippen LogP contribution in [0, 0.1) is 0 Å². The molecule has 3 nitrogen and oxygen atoms in total. The van der Waals surface area contributed by atoms with Gasteiger partial charge in [0.15, 0.2) is 0 Å². The average molecular weight is 320 g/mol. The normalized spacial score (nSPS) is 19.5. The monoisotopic (exact) mass is 319 g/mol. The molecule has 0 radical (unpaired) electrons. The number of likely N-dealkylation sites (N-methyl/N-ethyl adjacent to an activating group) is 1. The molecule has 0 aliphatic carbocycles. The number of esters is 1. The Balaban J connectivity index is 2.27. The highest BCUT2D eigenvalue weighted by atomic mass is 35.5. The van der Waals surface area contributed by atoms with E-state index in [1.54, 1.807) is 0 Å². The number of hydrogen-bond acceptors (Lipinski definition) is 3. The minimum Gasteiger partial charge on any atom is -0.464 e. The van der Waals surface area contributed by atoms with Gasteiger partial charge in [-0.05, 0) is 49.6 Å². The summed E-state index contributed by atoms with van der Waals surface area (Å²) in [5, 5.41) is 0. The molecule has 22 heavy (non-hydrogen) atoms. The fraction of sp³-hybridized carbons (Fsp3) is 0.389. The van der Waals surface area contributed by atoms with Gasteiger partial charge in [-0.1, -0.05) is 24.3 Å².